The minimum atomic E-state index is -1.11. The van der Waals surface area contributed by atoms with Gasteiger partial charge in [0.15, 0.2) is 0 Å². The van der Waals surface area contributed by atoms with E-state index in [1.807, 2.05) is 0 Å². The largest absolute Gasteiger partial charge is 0.566 e. The number of halogens is 2. The molecule has 6 bridgehead atoms. The summed E-state index contributed by atoms with van der Waals surface area (Å²) in [6.45, 7) is 0.411. The number of alkyl halides is 2. The zero-order valence-electron chi connectivity index (χ0n) is 10.3. The summed E-state index contributed by atoms with van der Waals surface area (Å²) in [6.07, 6.45) is 2.47. The van der Waals surface area contributed by atoms with Crippen molar-refractivity contribution in [2.45, 2.75) is 20.7 Å². The highest BCUT2D eigenvalue weighted by atomic mass is 127. The summed E-state index contributed by atoms with van der Waals surface area (Å²) in [7, 11) is 0. The van der Waals surface area contributed by atoms with Gasteiger partial charge >= 0.3 is 0 Å². The molecule has 4 nitrogen and oxygen atoms in total. The zero-order chi connectivity index (χ0) is 13.1. The van der Waals surface area contributed by atoms with Crippen molar-refractivity contribution in [3.05, 3.63) is 5.21 Å². The molecule has 6 heteroatoms. The van der Waals surface area contributed by atoms with E-state index in [2.05, 4.69) is 45.2 Å². The van der Waals surface area contributed by atoms with Crippen molar-refractivity contribution in [2.75, 3.05) is 6.61 Å². The third-order valence-electron chi connectivity index (χ3n) is 7.33. The van der Waals surface area contributed by atoms with E-state index in [0.717, 1.165) is 55.7 Å². The van der Waals surface area contributed by atoms with Crippen LogP contribution in [0.25, 0.3) is 0 Å². The van der Waals surface area contributed by atoms with Gasteiger partial charge in [-0.15, -0.1) is 0 Å². The fraction of sp³-hybridized carbons (Fsp3) is 1.00. The van der Waals surface area contributed by atoms with E-state index in [1.165, 1.54) is 6.42 Å². The van der Waals surface area contributed by atoms with Crippen LogP contribution in [-0.2, 0) is 4.84 Å². The smallest absolute Gasteiger partial charge is 0.111 e. The van der Waals surface area contributed by atoms with Crippen LogP contribution in [0.5, 0.6) is 0 Å². The van der Waals surface area contributed by atoms with E-state index >= 15 is 0 Å². The number of hydrogen-bond donors (Lipinski definition) is 2. The lowest BCUT2D eigenvalue weighted by Crippen LogP contribution is -3.03. The summed E-state index contributed by atoms with van der Waals surface area (Å²) >= 11 is 5.44. The Morgan fingerprint density at radius 1 is 1.21 bits per heavy atom. The molecule has 6 aliphatic rings. The summed E-state index contributed by atoms with van der Waals surface area (Å²) in [4.78, 5) is 4.87. The predicted octanol–water partition coefficient (Wildman–Crippen LogP) is 1.45. The van der Waals surface area contributed by atoms with Crippen LogP contribution in [0.4, 0.5) is 0 Å². The van der Waals surface area contributed by atoms with Crippen molar-refractivity contribution in [3.63, 3.8) is 0 Å². The van der Waals surface area contributed by atoms with E-state index in [0.29, 0.717) is 12.0 Å². The van der Waals surface area contributed by atoms with Crippen molar-refractivity contribution < 1.29 is 15.4 Å². The lowest BCUT2D eigenvalue weighted by molar-refractivity contribution is -1.21. The van der Waals surface area contributed by atoms with Crippen molar-refractivity contribution in [2.24, 2.45) is 46.8 Å². The van der Waals surface area contributed by atoms with Crippen molar-refractivity contribution in [1.82, 2.24) is 0 Å². The third kappa shape index (κ3) is 1.17. The molecule has 0 aliphatic heterocycles. The standard InChI is InChI=1S/C13H17I2NO3/c14-11-8-4-3-5-7-6(4)10(11)13(9(5)8,12(7)15)1-2-19-16(17)18/h4-12,16-17H,1-3H2/t4-,5-,6+,7+,8+,9+,10-,11+,12-,13-/m1/s1. The molecule has 6 aliphatic carbocycles. The molecule has 11 atom stereocenters. The fourth-order valence-electron chi connectivity index (χ4n) is 7.50. The Hall–Kier alpha value is 1.30. The van der Waals surface area contributed by atoms with Gasteiger partial charge in [0.25, 0.3) is 0 Å². The lowest BCUT2D eigenvalue weighted by Gasteiger charge is -2.42. The molecule has 0 saturated heterocycles. The molecule has 0 aromatic rings. The summed E-state index contributed by atoms with van der Waals surface area (Å²) < 4.78 is 1.64. The van der Waals surface area contributed by atoms with E-state index in [-0.39, 0.29) is 0 Å². The van der Waals surface area contributed by atoms with Crippen LogP contribution in [0, 0.1) is 52.0 Å². The summed E-state index contributed by atoms with van der Waals surface area (Å²) in [6, 6.07) is 0. The average Bonchev–Trinajstić information content (AvgIpc) is 3.05. The maximum absolute atomic E-state index is 10.6. The molecule has 0 heterocycles. The lowest BCUT2D eigenvalue weighted by atomic mass is 9.62. The number of nitrogens with one attached hydrogen (secondary N) is 1. The van der Waals surface area contributed by atoms with Crippen molar-refractivity contribution in [1.29, 1.82) is 0 Å². The Morgan fingerprint density at radius 3 is 2.74 bits per heavy atom. The minimum Gasteiger partial charge on any atom is -0.566 e. The Balaban J connectivity index is 1.51. The normalized spacial score (nSPS) is 67.9. The molecule has 2 N–H and O–H groups in total. The Kier molecular flexibility index (Phi) is 2.55. The van der Waals surface area contributed by atoms with Crippen LogP contribution in [0.3, 0.4) is 0 Å². The molecule has 19 heavy (non-hydrogen) atoms. The Labute approximate surface area is 139 Å². The van der Waals surface area contributed by atoms with E-state index in [9.17, 15) is 5.21 Å². The van der Waals surface area contributed by atoms with Crippen LogP contribution >= 0.6 is 45.2 Å². The van der Waals surface area contributed by atoms with Crippen LogP contribution in [0.2, 0.25) is 0 Å². The molecular weight excluding hydrogens is 472 g/mol. The molecule has 6 fully saturated rings. The SMILES string of the molecule is [O-][NH+](O)OCC[C@@]12[C@H]3[C@@H](I)[C@H]4[C@@H]5C[C@H]([C@@H]([C@H]53)[C@H]1I)[C@@H]42. The first kappa shape index (κ1) is 12.8. The Bertz CT molecular complexity index is 446. The highest BCUT2D eigenvalue weighted by Crippen LogP contribution is 2.89. The van der Waals surface area contributed by atoms with Gasteiger partial charge in [-0.25, -0.2) is 0 Å². The van der Waals surface area contributed by atoms with Gasteiger partial charge in [-0.2, -0.15) is 10.0 Å². The van der Waals surface area contributed by atoms with E-state index in [4.69, 9.17) is 10.0 Å². The first-order chi connectivity index (χ1) is 9.09. The van der Waals surface area contributed by atoms with Gasteiger partial charge in [-0.3, -0.25) is 0 Å². The number of hydrogen-bond acceptors (Lipinski definition) is 3. The van der Waals surface area contributed by atoms with Crippen LogP contribution in [0.1, 0.15) is 12.8 Å². The molecule has 106 valence electrons. The van der Waals surface area contributed by atoms with Gasteiger partial charge in [-0.1, -0.05) is 50.6 Å². The molecule has 1 unspecified atom stereocenters. The van der Waals surface area contributed by atoms with E-state index in [1.54, 1.807) is 0 Å². The first-order valence-corrected chi connectivity index (χ1v) is 9.72. The summed E-state index contributed by atoms with van der Waals surface area (Å²) in [5.41, 5.74) is 0.430. The van der Waals surface area contributed by atoms with Crippen molar-refractivity contribution in [3.8, 4) is 0 Å². The monoisotopic (exact) mass is 489 g/mol. The highest BCUT2D eigenvalue weighted by Gasteiger charge is 2.87. The highest BCUT2D eigenvalue weighted by molar-refractivity contribution is 14.1. The Morgan fingerprint density at radius 2 is 2.00 bits per heavy atom. The molecule has 6 rings (SSSR count). The van der Waals surface area contributed by atoms with Crippen LogP contribution in [0.15, 0.2) is 0 Å². The van der Waals surface area contributed by atoms with Gasteiger partial charge < -0.3 is 5.21 Å². The minimum absolute atomic E-state index is 0.411. The van der Waals surface area contributed by atoms with Gasteiger partial charge in [0.2, 0.25) is 0 Å². The van der Waals surface area contributed by atoms with Crippen LogP contribution in [-0.4, -0.2) is 19.7 Å². The van der Waals surface area contributed by atoms with E-state index < -0.39 is 5.39 Å². The fourth-order valence-corrected chi connectivity index (χ4v) is 11.8. The van der Waals surface area contributed by atoms with Gasteiger partial charge in [-0.05, 0) is 59.7 Å². The molecule has 0 aromatic heterocycles. The first-order valence-electron chi connectivity index (χ1n) is 7.23. The summed E-state index contributed by atoms with van der Waals surface area (Å²) in [5, 5.41) is 18.2. The van der Waals surface area contributed by atoms with Gasteiger partial charge in [0.05, 0.1) is 0 Å². The zero-order valence-corrected chi connectivity index (χ0v) is 14.7. The quantitative estimate of drug-likeness (QED) is 0.358. The molecular formula is C13H17I2NO3. The van der Waals surface area contributed by atoms with Gasteiger partial charge in [0, 0.05) is 7.85 Å². The predicted molar refractivity (Wildman–Crippen MR) is 83.8 cm³/mol. The molecule has 0 radical (unpaired) electrons. The van der Waals surface area contributed by atoms with Crippen LogP contribution < -0.4 is 5.39 Å². The number of quaternary nitrogens is 1. The van der Waals surface area contributed by atoms with Gasteiger partial charge in [0.1, 0.15) is 6.61 Å². The second kappa shape index (κ2) is 3.79. The molecule has 0 aromatic carbocycles. The second-order valence-corrected chi connectivity index (χ2v) is 9.95. The maximum atomic E-state index is 10.6. The second-order valence-electron chi connectivity index (χ2n) is 7.17. The maximum Gasteiger partial charge on any atom is 0.111 e. The molecule has 6 saturated carbocycles. The molecule has 0 amide bonds. The average molecular weight is 489 g/mol. The van der Waals surface area contributed by atoms with Crippen molar-refractivity contribution >= 4 is 45.2 Å². The summed E-state index contributed by atoms with van der Waals surface area (Å²) in [5.74, 6) is 6.68. The molecule has 0 spiro atoms. The number of rotatable bonds is 4. The third-order valence-corrected chi connectivity index (χ3v) is 10.9. The topological polar surface area (TPSA) is 57.0 Å².